The molecule has 3 aromatic rings. The van der Waals surface area contributed by atoms with Crippen LogP contribution in [0.3, 0.4) is 0 Å². The number of unbranched alkanes of at least 4 members (excludes halogenated alkanes) is 2. The Labute approximate surface area is 280 Å². The van der Waals surface area contributed by atoms with Crippen LogP contribution in [0.2, 0.25) is 18.1 Å². The van der Waals surface area contributed by atoms with Crippen LogP contribution in [0.15, 0.2) is 85.5 Å². The average Bonchev–Trinajstić information content (AvgIpc) is 3.04. The highest BCUT2D eigenvalue weighted by atomic mass is 28.4. The highest BCUT2D eigenvalue weighted by molar-refractivity contribution is 6.74. The van der Waals surface area contributed by atoms with Crippen molar-refractivity contribution in [2.45, 2.75) is 116 Å². The predicted octanol–water partition coefficient (Wildman–Crippen LogP) is 11.0. The second-order valence-electron chi connectivity index (χ2n) is 13.5. The van der Waals surface area contributed by atoms with Gasteiger partial charge in [0.1, 0.15) is 24.2 Å². The lowest BCUT2D eigenvalue weighted by Crippen LogP contribution is -2.41. The zero-order valence-corrected chi connectivity index (χ0v) is 30.4. The number of benzene rings is 3. The highest BCUT2D eigenvalue weighted by Crippen LogP contribution is 2.41. The summed E-state index contributed by atoms with van der Waals surface area (Å²) >= 11 is 0. The molecule has 0 radical (unpaired) electrons. The molecule has 2 atom stereocenters. The smallest absolute Gasteiger partial charge is 0.194 e. The maximum absolute atomic E-state index is 7.04. The zero-order valence-electron chi connectivity index (χ0n) is 29.4. The lowest BCUT2D eigenvalue weighted by atomic mass is 9.98. The van der Waals surface area contributed by atoms with Crippen LogP contribution >= 0.6 is 0 Å². The van der Waals surface area contributed by atoms with Crippen molar-refractivity contribution in [1.29, 1.82) is 0 Å². The lowest BCUT2D eigenvalue weighted by Gasteiger charge is -2.38. The minimum absolute atomic E-state index is 0.0453. The number of ether oxygens (including phenoxy) is 3. The molecular formula is C41H56O4Si. The molecule has 0 spiro atoms. The highest BCUT2D eigenvalue weighted by Gasteiger charge is 2.39. The van der Waals surface area contributed by atoms with Gasteiger partial charge in [-0.1, -0.05) is 114 Å². The fourth-order valence-electron chi connectivity index (χ4n) is 4.97. The van der Waals surface area contributed by atoms with E-state index in [9.17, 15) is 0 Å². The Bertz CT molecular complexity index is 1380. The van der Waals surface area contributed by atoms with Gasteiger partial charge in [0, 0.05) is 12.0 Å². The summed E-state index contributed by atoms with van der Waals surface area (Å²) in [6, 6.07) is 24.6. The van der Waals surface area contributed by atoms with E-state index in [1.165, 1.54) is 24.8 Å². The van der Waals surface area contributed by atoms with Crippen LogP contribution in [0.25, 0.3) is 0 Å². The molecule has 3 aromatic carbocycles. The Morgan fingerprint density at radius 1 is 0.870 bits per heavy atom. The third kappa shape index (κ3) is 11.8. The second-order valence-corrected chi connectivity index (χ2v) is 18.2. The van der Waals surface area contributed by atoms with Crippen molar-refractivity contribution >= 4 is 8.32 Å². The molecule has 5 heteroatoms. The van der Waals surface area contributed by atoms with E-state index >= 15 is 0 Å². The van der Waals surface area contributed by atoms with Crippen LogP contribution in [0.5, 0.6) is 11.5 Å². The standard InChI is InChI=1S/C41H56O4Si/c1-9-11-13-22-36(43-31-33-20-14-12-15-21-33)23-16-17-25-40(45-46(7,8)41(3,4)5)38-24-18-26-39(37(38)19-10-2)44-32-34-27-29-35(42-6)30-28-34/h10,12,14-15,18,20-21,24,26-30,36,40H,2,9,11,13,16,19,22-23,31-32H2,1,3-8H3/t36-,40+/m0/s1. The van der Waals surface area contributed by atoms with Gasteiger partial charge in [0.2, 0.25) is 0 Å². The Hall–Kier alpha value is -3.30. The molecule has 0 fully saturated rings. The summed E-state index contributed by atoms with van der Waals surface area (Å²) in [5.74, 6) is 8.77. The van der Waals surface area contributed by atoms with Crippen molar-refractivity contribution in [3.05, 3.63) is 108 Å². The van der Waals surface area contributed by atoms with Crippen LogP contribution in [0, 0.1) is 11.8 Å². The van der Waals surface area contributed by atoms with Gasteiger partial charge in [0.25, 0.3) is 0 Å². The van der Waals surface area contributed by atoms with Gasteiger partial charge in [-0.2, -0.15) is 0 Å². The molecule has 248 valence electrons. The molecule has 0 heterocycles. The monoisotopic (exact) mass is 640 g/mol. The minimum Gasteiger partial charge on any atom is -0.497 e. The van der Waals surface area contributed by atoms with Gasteiger partial charge < -0.3 is 18.6 Å². The van der Waals surface area contributed by atoms with Crippen molar-refractivity contribution < 1.29 is 18.6 Å². The van der Waals surface area contributed by atoms with Gasteiger partial charge in [-0.05, 0) is 72.3 Å². The van der Waals surface area contributed by atoms with Crippen molar-refractivity contribution in [2.24, 2.45) is 0 Å². The van der Waals surface area contributed by atoms with Crippen molar-refractivity contribution in [2.75, 3.05) is 7.11 Å². The van der Waals surface area contributed by atoms with Crippen molar-refractivity contribution in [1.82, 2.24) is 0 Å². The van der Waals surface area contributed by atoms with Crippen LogP contribution in [0.1, 0.15) is 94.6 Å². The number of rotatable bonds is 18. The van der Waals surface area contributed by atoms with Crippen LogP contribution in [0.4, 0.5) is 0 Å². The molecule has 4 nitrogen and oxygen atoms in total. The fourth-order valence-corrected chi connectivity index (χ4v) is 6.10. The zero-order chi connectivity index (χ0) is 33.4. The summed E-state index contributed by atoms with van der Waals surface area (Å²) < 4.78 is 25.2. The summed E-state index contributed by atoms with van der Waals surface area (Å²) in [4.78, 5) is 0. The molecule has 0 saturated carbocycles. The largest absolute Gasteiger partial charge is 0.497 e. The van der Waals surface area contributed by atoms with Gasteiger partial charge >= 0.3 is 0 Å². The lowest BCUT2D eigenvalue weighted by molar-refractivity contribution is 0.0288. The van der Waals surface area contributed by atoms with Gasteiger partial charge in [0.15, 0.2) is 8.32 Å². The Morgan fingerprint density at radius 3 is 2.24 bits per heavy atom. The van der Waals surface area contributed by atoms with E-state index in [2.05, 4.69) is 95.6 Å². The molecule has 0 aromatic heterocycles. The first-order valence-electron chi connectivity index (χ1n) is 16.9. The summed E-state index contributed by atoms with van der Waals surface area (Å²) in [5.41, 5.74) is 4.42. The van der Waals surface area contributed by atoms with E-state index in [1.807, 2.05) is 42.5 Å². The summed E-state index contributed by atoms with van der Waals surface area (Å²) in [6.07, 6.45) is 8.75. The molecule has 0 saturated heterocycles. The maximum Gasteiger partial charge on any atom is 0.194 e. The van der Waals surface area contributed by atoms with E-state index in [1.54, 1.807) is 7.11 Å². The Balaban J connectivity index is 1.85. The fraction of sp³-hybridized carbons (Fsp3) is 0.463. The molecule has 46 heavy (non-hydrogen) atoms. The topological polar surface area (TPSA) is 36.9 Å². The third-order valence-corrected chi connectivity index (χ3v) is 13.3. The molecule has 0 bridgehead atoms. The molecule has 0 amide bonds. The summed E-state index contributed by atoms with van der Waals surface area (Å²) in [7, 11) is -0.478. The quantitative estimate of drug-likeness (QED) is 0.0600. The first-order valence-corrected chi connectivity index (χ1v) is 19.8. The van der Waals surface area contributed by atoms with E-state index in [-0.39, 0.29) is 17.2 Å². The molecule has 0 N–H and O–H groups in total. The molecule has 0 aliphatic carbocycles. The van der Waals surface area contributed by atoms with E-state index < -0.39 is 8.32 Å². The number of allylic oxidation sites excluding steroid dienone is 1. The first kappa shape index (κ1) is 37.2. The Kier molecular flexibility index (Phi) is 15.1. The molecule has 0 aliphatic heterocycles. The number of hydrogen-bond donors (Lipinski definition) is 0. The van der Waals surface area contributed by atoms with Crippen molar-refractivity contribution in [3.8, 4) is 23.3 Å². The Morgan fingerprint density at radius 2 is 1.59 bits per heavy atom. The van der Waals surface area contributed by atoms with E-state index in [0.717, 1.165) is 47.5 Å². The molecule has 0 aliphatic rings. The second kappa shape index (κ2) is 18.7. The van der Waals surface area contributed by atoms with Crippen molar-refractivity contribution in [3.63, 3.8) is 0 Å². The number of methoxy groups -OCH3 is 1. The van der Waals surface area contributed by atoms with E-state index in [4.69, 9.17) is 18.6 Å². The van der Waals surface area contributed by atoms with Gasteiger partial charge in [0.05, 0.1) is 19.8 Å². The third-order valence-electron chi connectivity index (χ3n) is 8.85. The van der Waals surface area contributed by atoms with Crippen LogP contribution < -0.4 is 9.47 Å². The number of hydrogen-bond acceptors (Lipinski definition) is 4. The summed E-state index contributed by atoms with van der Waals surface area (Å²) in [6.45, 7) is 18.8. The SMILES string of the molecule is C=CCc1c(OCc2ccc(OC)cc2)cccc1[C@@H](C#CCC[C@H](CCCCC)OCc1ccccc1)O[Si](C)(C)C(C)(C)C. The maximum atomic E-state index is 7.04. The van der Waals surface area contributed by atoms with Crippen LogP contribution in [-0.2, 0) is 28.8 Å². The van der Waals surface area contributed by atoms with Gasteiger partial charge in [-0.3, -0.25) is 0 Å². The van der Waals surface area contributed by atoms with Gasteiger partial charge in [-0.15, -0.1) is 12.5 Å². The normalized spacial score (nSPS) is 12.9. The van der Waals surface area contributed by atoms with Crippen LogP contribution in [-0.4, -0.2) is 21.5 Å². The average molecular weight is 641 g/mol. The first-order chi connectivity index (χ1) is 22.1. The van der Waals surface area contributed by atoms with E-state index in [0.29, 0.717) is 19.6 Å². The molecule has 3 rings (SSSR count). The van der Waals surface area contributed by atoms with Gasteiger partial charge in [-0.25, -0.2) is 0 Å². The predicted molar refractivity (Wildman–Crippen MR) is 195 cm³/mol. The minimum atomic E-state index is -2.15. The molecule has 0 unspecified atom stereocenters. The molecular weight excluding hydrogens is 585 g/mol. The summed E-state index contributed by atoms with van der Waals surface area (Å²) in [5, 5.41) is 0.0453.